The van der Waals surface area contributed by atoms with Gasteiger partial charge in [0, 0.05) is 0 Å². The summed E-state index contributed by atoms with van der Waals surface area (Å²) >= 11 is 3.64. The van der Waals surface area contributed by atoms with Crippen molar-refractivity contribution in [3.63, 3.8) is 0 Å². The fourth-order valence-electron chi connectivity index (χ4n) is 1.82. The van der Waals surface area contributed by atoms with E-state index < -0.39 is 0 Å². The molecule has 2 aromatic carbocycles. The molecule has 0 aliphatic rings. The summed E-state index contributed by atoms with van der Waals surface area (Å²) in [6.45, 7) is 1.77. The molecular formula is C15H14BrFO. The minimum atomic E-state index is -0.177. The molecule has 0 heterocycles. The van der Waals surface area contributed by atoms with E-state index in [1.165, 1.54) is 6.07 Å². The molecule has 0 fully saturated rings. The van der Waals surface area contributed by atoms with E-state index in [2.05, 4.69) is 15.9 Å². The Morgan fingerprint density at radius 3 is 2.50 bits per heavy atom. The standard InChI is InChI=1S/C15H14BrFO/c1-10-8-12(6-7-14(10)17)15(16)11-4-3-5-13(9-11)18-2/h3-9,15H,1-2H3. The highest BCUT2D eigenvalue weighted by Gasteiger charge is 2.12. The Hall–Kier alpha value is -1.35. The van der Waals surface area contributed by atoms with Gasteiger partial charge in [0.1, 0.15) is 11.6 Å². The van der Waals surface area contributed by atoms with E-state index in [9.17, 15) is 4.39 Å². The predicted octanol–water partition coefficient (Wildman–Crippen LogP) is 4.63. The van der Waals surface area contributed by atoms with Crippen LogP contribution in [0.1, 0.15) is 21.5 Å². The lowest BCUT2D eigenvalue weighted by Gasteiger charge is -2.13. The molecule has 3 heteroatoms. The van der Waals surface area contributed by atoms with Crippen LogP contribution in [0.25, 0.3) is 0 Å². The van der Waals surface area contributed by atoms with Gasteiger partial charge in [0.05, 0.1) is 11.9 Å². The van der Waals surface area contributed by atoms with Gasteiger partial charge in [0.25, 0.3) is 0 Å². The number of benzene rings is 2. The van der Waals surface area contributed by atoms with Crippen molar-refractivity contribution in [1.29, 1.82) is 0 Å². The number of ether oxygens (including phenoxy) is 1. The van der Waals surface area contributed by atoms with Crippen LogP contribution in [-0.2, 0) is 0 Å². The van der Waals surface area contributed by atoms with Crippen LogP contribution >= 0.6 is 15.9 Å². The molecule has 1 nitrogen and oxygen atoms in total. The summed E-state index contributed by atoms with van der Waals surface area (Å²) in [5, 5.41) is 0. The van der Waals surface area contributed by atoms with Crippen LogP contribution in [0, 0.1) is 12.7 Å². The molecule has 2 rings (SSSR count). The van der Waals surface area contributed by atoms with Gasteiger partial charge in [-0.2, -0.15) is 0 Å². The third-order valence-corrected chi connectivity index (χ3v) is 3.92. The smallest absolute Gasteiger partial charge is 0.126 e. The van der Waals surface area contributed by atoms with E-state index in [1.54, 1.807) is 20.1 Å². The van der Waals surface area contributed by atoms with Crippen LogP contribution in [0.3, 0.4) is 0 Å². The first kappa shape index (κ1) is 13.1. The maximum atomic E-state index is 13.2. The first-order chi connectivity index (χ1) is 8.61. The highest BCUT2D eigenvalue weighted by atomic mass is 79.9. The maximum absolute atomic E-state index is 13.2. The Morgan fingerprint density at radius 2 is 1.83 bits per heavy atom. The Morgan fingerprint density at radius 1 is 1.11 bits per heavy atom. The molecule has 0 saturated carbocycles. The third-order valence-electron chi connectivity index (χ3n) is 2.86. The molecule has 0 bridgehead atoms. The lowest BCUT2D eigenvalue weighted by molar-refractivity contribution is 0.414. The van der Waals surface area contributed by atoms with Gasteiger partial charge in [-0.15, -0.1) is 0 Å². The first-order valence-electron chi connectivity index (χ1n) is 5.66. The van der Waals surface area contributed by atoms with E-state index in [0.29, 0.717) is 5.56 Å². The average molecular weight is 309 g/mol. The van der Waals surface area contributed by atoms with Gasteiger partial charge >= 0.3 is 0 Å². The molecule has 18 heavy (non-hydrogen) atoms. The number of hydrogen-bond donors (Lipinski definition) is 0. The minimum Gasteiger partial charge on any atom is -0.497 e. The Bertz CT molecular complexity index is 554. The fourth-order valence-corrected chi connectivity index (χ4v) is 2.39. The molecule has 0 aromatic heterocycles. The largest absolute Gasteiger partial charge is 0.497 e. The lowest BCUT2D eigenvalue weighted by Crippen LogP contribution is -1.95. The van der Waals surface area contributed by atoms with Crippen LogP contribution in [0.4, 0.5) is 4.39 Å². The van der Waals surface area contributed by atoms with Crippen molar-refractivity contribution >= 4 is 15.9 Å². The molecule has 2 aromatic rings. The molecule has 0 radical (unpaired) electrons. The monoisotopic (exact) mass is 308 g/mol. The van der Waals surface area contributed by atoms with E-state index in [0.717, 1.165) is 16.9 Å². The van der Waals surface area contributed by atoms with Crippen molar-refractivity contribution in [3.8, 4) is 5.75 Å². The van der Waals surface area contributed by atoms with Gasteiger partial charge in [-0.1, -0.05) is 40.2 Å². The molecule has 94 valence electrons. The van der Waals surface area contributed by atoms with Gasteiger partial charge in [0.2, 0.25) is 0 Å². The van der Waals surface area contributed by atoms with Crippen molar-refractivity contribution in [2.45, 2.75) is 11.8 Å². The molecule has 0 amide bonds. The third kappa shape index (κ3) is 2.72. The minimum absolute atomic E-state index is 0.0342. The van der Waals surface area contributed by atoms with Gasteiger partial charge in [0.15, 0.2) is 0 Å². The Kier molecular flexibility index (Phi) is 4.02. The number of hydrogen-bond acceptors (Lipinski definition) is 1. The summed E-state index contributed by atoms with van der Waals surface area (Å²) in [4.78, 5) is 0.0342. The molecule has 0 aliphatic heterocycles. The quantitative estimate of drug-likeness (QED) is 0.751. The predicted molar refractivity (Wildman–Crippen MR) is 74.9 cm³/mol. The highest BCUT2D eigenvalue weighted by molar-refractivity contribution is 9.09. The zero-order chi connectivity index (χ0) is 13.1. The lowest BCUT2D eigenvalue weighted by atomic mass is 10.0. The Balaban J connectivity index is 2.34. The zero-order valence-corrected chi connectivity index (χ0v) is 11.9. The van der Waals surface area contributed by atoms with Crippen LogP contribution < -0.4 is 4.74 Å². The number of rotatable bonds is 3. The summed E-state index contributed by atoms with van der Waals surface area (Å²) in [7, 11) is 1.64. The molecule has 0 aliphatic carbocycles. The average Bonchev–Trinajstić information content (AvgIpc) is 2.41. The summed E-state index contributed by atoms with van der Waals surface area (Å²) in [5.74, 6) is 0.639. The summed E-state index contributed by atoms with van der Waals surface area (Å²) in [6.07, 6.45) is 0. The van der Waals surface area contributed by atoms with Crippen molar-refractivity contribution in [1.82, 2.24) is 0 Å². The van der Waals surface area contributed by atoms with Crippen molar-refractivity contribution in [3.05, 3.63) is 65.0 Å². The number of aryl methyl sites for hydroxylation is 1. The number of halogens is 2. The maximum Gasteiger partial charge on any atom is 0.126 e. The molecular weight excluding hydrogens is 295 g/mol. The first-order valence-corrected chi connectivity index (χ1v) is 6.57. The van der Waals surface area contributed by atoms with Gasteiger partial charge in [-0.05, 0) is 41.8 Å². The highest BCUT2D eigenvalue weighted by Crippen LogP contribution is 2.33. The SMILES string of the molecule is COc1cccc(C(Br)c2ccc(F)c(C)c2)c1. The van der Waals surface area contributed by atoms with E-state index in [1.807, 2.05) is 30.3 Å². The summed E-state index contributed by atoms with van der Waals surface area (Å²) < 4.78 is 18.5. The van der Waals surface area contributed by atoms with Gasteiger partial charge in [-0.3, -0.25) is 0 Å². The fraction of sp³-hybridized carbons (Fsp3) is 0.200. The number of alkyl halides is 1. The summed E-state index contributed by atoms with van der Waals surface area (Å²) in [6, 6.07) is 13.0. The molecule has 1 unspecified atom stereocenters. The van der Waals surface area contributed by atoms with Crippen molar-refractivity contribution < 1.29 is 9.13 Å². The van der Waals surface area contributed by atoms with Gasteiger partial charge in [-0.25, -0.2) is 4.39 Å². The topological polar surface area (TPSA) is 9.23 Å². The second-order valence-corrected chi connectivity index (χ2v) is 5.06. The van der Waals surface area contributed by atoms with Crippen LogP contribution in [-0.4, -0.2) is 7.11 Å². The van der Waals surface area contributed by atoms with Gasteiger partial charge < -0.3 is 4.74 Å². The second kappa shape index (κ2) is 5.53. The van der Waals surface area contributed by atoms with Crippen LogP contribution in [0.2, 0.25) is 0 Å². The Labute approximate surface area is 115 Å². The summed E-state index contributed by atoms with van der Waals surface area (Å²) in [5.41, 5.74) is 2.77. The van der Waals surface area contributed by atoms with Crippen molar-refractivity contribution in [2.75, 3.05) is 7.11 Å². The van der Waals surface area contributed by atoms with Crippen molar-refractivity contribution in [2.24, 2.45) is 0 Å². The van der Waals surface area contributed by atoms with E-state index in [4.69, 9.17) is 4.74 Å². The van der Waals surface area contributed by atoms with E-state index in [-0.39, 0.29) is 10.6 Å². The number of methoxy groups -OCH3 is 1. The molecule has 0 spiro atoms. The normalized spacial score (nSPS) is 12.2. The van der Waals surface area contributed by atoms with E-state index >= 15 is 0 Å². The van der Waals surface area contributed by atoms with Crippen LogP contribution in [0.15, 0.2) is 42.5 Å². The van der Waals surface area contributed by atoms with Crippen LogP contribution in [0.5, 0.6) is 5.75 Å². The zero-order valence-electron chi connectivity index (χ0n) is 10.3. The molecule has 0 saturated heterocycles. The molecule has 1 atom stereocenters. The molecule has 0 N–H and O–H groups in total. The second-order valence-electron chi connectivity index (χ2n) is 4.15.